The molecule has 16 heavy (non-hydrogen) atoms. The number of carboxylic acid groups (broad SMARTS) is 2. The molecule has 0 aliphatic rings. The number of phenolic OH excluding ortho intramolecular Hbond substituents is 1. The summed E-state index contributed by atoms with van der Waals surface area (Å²) in [5.74, 6) is -2.38. The van der Waals surface area contributed by atoms with E-state index in [1.54, 1.807) is 24.3 Å². The van der Waals surface area contributed by atoms with Crippen LogP contribution in [0.25, 0.3) is 0 Å². The number of aromatic hydroxyl groups is 1. The van der Waals surface area contributed by atoms with Crippen LogP contribution >= 0.6 is 11.6 Å². The number of para-hydroxylation sites is 1. The van der Waals surface area contributed by atoms with E-state index in [1.807, 2.05) is 0 Å². The van der Waals surface area contributed by atoms with Crippen LogP contribution in [0, 0.1) is 0 Å². The van der Waals surface area contributed by atoms with Gasteiger partial charge in [-0.3, -0.25) is 0 Å². The first-order valence-corrected chi connectivity index (χ1v) is 4.38. The first kappa shape index (κ1) is 14.0. The van der Waals surface area contributed by atoms with Crippen LogP contribution < -0.4 is 0 Å². The van der Waals surface area contributed by atoms with E-state index in [4.69, 9.17) is 26.9 Å². The molecule has 0 radical (unpaired) electrons. The molecule has 0 aliphatic heterocycles. The number of hydrogen-bond acceptors (Lipinski definition) is 3. The highest BCUT2D eigenvalue weighted by molar-refractivity contribution is 6.31. The van der Waals surface area contributed by atoms with Crippen LogP contribution in [0.5, 0.6) is 5.75 Å². The molecule has 0 fully saturated rings. The summed E-state index contributed by atoms with van der Waals surface area (Å²) >= 11 is 5.46. The highest BCUT2D eigenvalue weighted by Gasteiger charge is 1.90. The van der Waals surface area contributed by atoms with Gasteiger partial charge in [0.25, 0.3) is 0 Å². The van der Waals surface area contributed by atoms with Gasteiger partial charge in [0.15, 0.2) is 0 Å². The quantitative estimate of drug-likeness (QED) is 0.689. The Morgan fingerprint density at radius 1 is 1.06 bits per heavy atom. The van der Waals surface area contributed by atoms with Crippen LogP contribution in [0.4, 0.5) is 0 Å². The van der Waals surface area contributed by atoms with Gasteiger partial charge < -0.3 is 15.3 Å². The third-order valence-corrected chi connectivity index (χ3v) is 1.54. The first-order chi connectivity index (χ1) is 7.43. The van der Waals surface area contributed by atoms with Gasteiger partial charge in [-0.25, -0.2) is 9.59 Å². The van der Waals surface area contributed by atoms with Crippen molar-refractivity contribution in [3.05, 3.63) is 41.4 Å². The largest absolute Gasteiger partial charge is 0.506 e. The van der Waals surface area contributed by atoms with E-state index in [-0.39, 0.29) is 5.75 Å². The van der Waals surface area contributed by atoms with E-state index >= 15 is 0 Å². The molecule has 86 valence electrons. The topological polar surface area (TPSA) is 94.8 Å². The lowest BCUT2D eigenvalue weighted by Crippen LogP contribution is -1.91. The second-order valence-corrected chi connectivity index (χ2v) is 2.87. The molecule has 0 amide bonds. The van der Waals surface area contributed by atoms with Crippen molar-refractivity contribution in [1.29, 1.82) is 0 Å². The minimum atomic E-state index is -1.26. The number of carboxylic acids is 2. The lowest BCUT2D eigenvalue weighted by molar-refractivity contribution is -0.134. The number of rotatable bonds is 2. The Hall–Kier alpha value is -2.01. The van der Waals surface area contributed by atoms with E-state index in [0.717, 1.165) is 0 Å². The normalized spacial score (nSPS) is 9.31. The molecular weight excluding hydrogens is 236 g/mol. The molecular formula is C10H9ClO5. The summed E-state index contributed by atoms with van der Waals surface area (Å²) in [6.45, 7) is 0. The molecule has 0 aromatic heterocycles. The Morgan fingerprint density at radius 3 is 1.75 bits per heavy atom. The molecule has 0 bridgehead atoms. The van der Waals surface area contributed by atoms with Crippen molar-refractivity contribution in [3.63, 3.8) is 0 Å². The number of phenols is 1. The molecule has 0 saturated carbocycles. The minimum Gasteiger partial charge on any atom is -0.506 e. The SMILES string of the molecule is O=C(O)/C=C\C(=O)O.Oc1ccccc1Cl. The van der Waals surface area contributed by atoms with E-state index in [2.05, 4.69) is 0 Å². The van der Waals surface area contributed by atoms with Gasteiger partial charge in [-0.2, -0.15) is 0 Å². The molecule has 0 unspecified atom stereocenters. The highest BCUT2D eigenvalue weighted by atomic mass is 35.5. The van der Waals surface area contributed by atoms with Crippen molar-refractivity contribution in [2.45, 2.75) is 0 Å². The van der Waals surface area contributed by atoms with E-state index in [1.165, 1.54) is 0 Å². The number of carbonyl (C=O) groups is 2. The van der Waals surface area contributed by atoms with Gasteiger partial charge in [0, 0.05) is 12.2 Å². The summed E-state index contributed by atoms with van der Waals surface area (Å²) in [6.07, 6.45) is 1.12. The standard InChI is InChI=1S/C6H5ClO.C4H4O4/c7-5-3-1-2-4-6(5)8;5-3(6)1-2-4(7)8/h1-4,8H;1-2H,(H,5,6)(H,7,8)/b;2-1-. The summed E-state index contributed by atoms with van der Waals surface area (Å²) in [4.78, 5) is 19.1. The van der Waals surface area contributed by atoms with Gasteiger partial charge in [0.1, 0.15) is 5.75 Å². The number of hydrogen-bond donors (Lipinski definition) is 3. The van der Waals surface area contributed by atoms with Gasteiger partial charge in [-0.1, -0.05) is 23.7 Å². The van der Waals surface area contributed by atoms with Crippen LogP contribution in [-0.4, -0.2) is 27.3 Å². The lowest BCUT2D eigenvalue weighted by Gasteiger charge is -1.89. The Kier molecular flexibility index (Phi) is 6.39. The third kappa shape index (κ3) is 7.40. The van der Waals surface area contributed by atoms with Gasteiger partial charge in [-0.15, -0.1) is 0 Å². The number of halogens is 1. The zero-order chi connectivity index (χ0) is 12.6. The minimum absolute atomic E-state index is 0.133. The van der Waals surface area contributed by atoms with E-state index in [0.29, 0.717) is 17.2 Å². The van der Waals surface area contributed by atoms with Crippen molar-refractivity contribution in [3.8, 4) is 5.75 Å². The fraction of sp³-hybridized carbons (Fsp3) is 0. The fourth-order valence-electron chi connectivity index (χ4n) is 0.594. The summed E-state index contributed by atoms with van der Waals surface area (Å²) in [7, 11) is 0. The predicted octanol–water partition coefficient (Wildman–Crippen LogP) is 1.76. The molecule has 1 aromatic carbocycles. The molecule has 5 nitrogen and oxygen atoms in total. The Balaban J connectivity index is 0.000000281. The van der Waals surface area contributed by atoms with Crippen molar-refractivity contribution >= 4 is 23.5 Å². The monoisotopic (exact) mass is 244 g/mol. The average Bonchev–Trinajstić information content (AvgIpc) is 2.20. The molecule has 0 saturated heterocycles. The smallest absolute Gasteiger partial charge is 0.328 e. The Labute approximate surface area is 96.2 Å². The summed E-state index contributed by atoms with van der Waals surface area (Å²) in [5.41, 5.74) is 0. The maximum absolute atomic E-state index is 9.55. The molecule has 1 aromatic rings. The zero-order valence-corrected chi connectivity index (χ0v) is 8.76. The van der Waals surface area contributed by atoms with Gasteiger partial charge >= 0.3 is 11.9 Å². The van der Waals surface area contributed by atoms with E-state index < -0.39 is 11.9 Å². The zero-order valence-electron chi connectivity index (χ0n) is 8.00. The van der Waals surface area contributed by atoms with Crippen LogP contribution in [-0.2, 0) is 9.59 Å². The third-order valence-electron chi connectivity index (χ3n) is 1.22. The first-order valence-electron chi connectivity index (χ1n) is 4.01. The maximum Gasteiger partial charge on any atom is 0.328 e. The van der Waals surface area contributed by atoms with Crippen LogP contribution in [0.1, 0.15) is 0 Å². The van der Waals surface area contributed by atoms with Crippen molar-refractivity contribution in [2.75, 3.05) is 0 Å². The second kappa shape index (κ2) is 7.30. The molecule has 1 rings (SSSR count). The van der Waals surface area contributed by atoms with E-state index in [9.17, 15) is 9.59 Å². The second-order valence-electron chi connectivity index (χ2n) is 2.46. The maximum atomic E-state index is 9.55. The highest BCUT2D eigenvalue weighted by Crippen LogP contribution is 2.20. The fourth-order valence-corrected chi connectivity index (χ4v) is 0.730. The summed E-state index contributed by atoms with van der Waals surface area (Å²) in [6, 6.07) is 6.67. The molecule has 0 atom stereocenters. The molecule has 0 aliphatic carbocycles. The summed E-state index contributed by atoms with van der Waals surface area (Å²) < 4.78 is 0. The lowest BCUT2D eigenvalue weighted by atomic mass is 10.3. The van der Waals surface area contributed by atoms with Crippen LogP contribution in [0.2, 0.25) is 5.02 Å². The van der Waals surface area contributed by atoms with Gasteiger partial charge in [0.2, 0.25) is 0 Å². The van der Waals surface area contributed by atoms with Crippen molar-refractivity contribution in [2.24, 2.45) is 0 Å². The molecule has 0 spiro atoms. The summed E-state index contributed by atoms with van der Waals surface area (Å²) in [5, 5.41) is 24.8. The van der Waals surface area contributed by atoms with Crippen molar-refractivity contribution in [1.82, 2.24) is 0 Å². The number of aliphatic carboxylic acids is 2. The van der Waals surface area contributed by atoms with Crippen LogP contribution in [0.15, 0.2) is 36.4 Å². The number of benzene rings is 1. The predicted molar refractivity (Wildman–Crippen MR) is 57.5 cm³/mol. The van der Waals surface area contributed by atoms with Crippen molar-refractivity contribution < 1.29 is 24.9 Å². The molecule has 3 N–H and O–H groups in total. The Bertz CT molecular complexity index is 363. The Morgan fingerprint density at radius 2 is 1.50 bits per heavy atom. The van der Waals surface area contributed by atoms with Gasteiger partial charge in [-0.05, 0) is 12.1 Å². The average molecular weight is 245 g/mol. The molecule has 6 heteroatoms. The molecule has 0 heterocycles. The van der Waals surface area contributed by atoms with Gasteiger partial charge in [0.05, 0.1) is 5.02 Å². The van der Waals surface area contributed by atoms with Crippen LogP contribution in [0.3, 0.4) is 0 Å².